The molecule has 1 saturated heterocycles. The Balaban J connectivity index is 0.00000288. The highest BCUT2D eigenvalue weighted by atomic mass is 35.5. The van der Waals surface area contributed by atoms with Gasteiger partial charge in [-0.1, -0.05) is 18.5 Å². The molecule has 24 heavy (non-hydrogen) atoms. The Morgan fingerprint density at radius 2 is 2.21 bits per heavy atom. The monoisotopic (exact) mass is 360 g/mol. The molecule has 7 nitrogen and oxygen atoms in total. The van der Waals surface area contributed by atoms with Crippen molar-refractivity contribution in [3.8, 4) is 0 Å². The molecule has 0 bridgehead atoms. The number of likely N-dealkylation sites (N-methyl/N-ethyl adjacent to an activating group) is 1. The van der Waals surface area contributed by atoms with Crippen LogP contribution in [-0.2, 0) is 17.8 Å². The van der Waals surface area contributed by atoms with E-state index in [4.69, 9.17) is 9.63 Å². The van der Waals surface area contributed by atoms with E-state index >= 15 is 0 Å². The lowest BCUT2D eigenvalue weighted by molar-refractivity contribution is -0.138. The van der Waals surface area contributed by atoms with Gasteiger partial charge in [-0.15, -0.1) is 12.4 Å². The Labute approximate surface area is 149 Å². The Morgan fingerprint density at radius 3 is 2.92 bits per heavy atom. The zero-order valence-corrected chi connectivity index (χ0v) is 15.4. The molecule has 0 aliphatic carbocycles. The first-order valence-electron chi connectivity index (χ1n) is 8.54. The molecule has 8 heteroatoms. The molecule has 1 aromatic rings. The standard InChI is InChI=1S/C16H28N4O3.ClH/c1-3-4-7-15-17-14(18-23-15)11-20-9-5-6-13(8-10-20)19(2)12-16(21)22;/h13H,3-12H2,1-2H3,(H,21,22);1H. The summed E-state index contributed by atoms with van der Waals surface area (Å²) in [7, 11) is 1.90. The molecule has 0 amide bonds. The van der Waals surface area contributed by atoms with Crippen molar-refractivity contribution in [3.05, 3.63) is 11.7 Å². The maximum absolute atomic E-state index is 10.8. The molecule has 0 aromatic carbocycles. The van der Waals surface area contributed by atoms with Crippen molar-refractivity contribution in [2.24, 2.45) is 0 Å². The second-order valence-electron chi connectivity index (χ2n) is 6.38. The summed E-state index contributed by atoms with van der Waals surface area (Å²) in [6.45, 7) is 4.90. The van der Waals surface area contributed by atoms with Gasteiger partial charge in [-0.05, 0) is 39.3 Å². The van der Waals surface area contributed by atoms with Crippen LogP contribution in [0.3, 0.4) is 0 Å². The molecule has 2 heterocycles. The summed E-state index contributed by atoms with van der Waals surface area (Å²) in [4.78, 5) is 19.6. The third-order valence-corrected chi connectivity index (χ3v) is 4.42. The second kappa shape index (κ2) is 10.6. The number of hydrogen-bond donors (Lipinski definition) is 1. The number of carbonyl (C=O) groups is 1. The maximum Gasteiger partial charge on any atom is 0.317 e. The van der Waals surface area contributed by atoms with E-state index < -0.39 is 5.97 Å². The van der Waals surface area contributed by atoms with E-state index in [2.05, 4.69) is 22.0 Å². The van der Waals surface area contributed by atoms with Crippen molar-refractivity contribution < 1.29 is 14.4 Å². The Kier molecular flexibility index (Phi) is 9.25. The van der Waals surface area contributed by atoms with Crippen molar-refractivity contribution in [1.82, 2.24) is 19.9 Å². The predicted molar refractivity (Wildman–Crippen MR) is 93.3 cm³/mol. The quantitative estimate of drug-likeness (QED) is 0.760. The van der Waals surface area contributed by atoms with Gasteiger partial charge >= 0.3 is 5.97 Å². The van der Waals surface area contributed by atoms with Gasteiger partial charge in [0.25, 0.3) is 0 Å². The number of carboxylic acid groups (broad SMARTS) is 1. The minimum Gasteiger partial charge on any atom is -0.480 e. The van der Waals surface area contributed by atoms with E-state index in [0.717, 1.165) is 63.3 Å². The van der Waals surface area contributed by atoms with E-state index in [1.807, 2.05) is 11.9 Å². The smallest absolute Gasteiger partial charge is 0.317 e. The van der Waals surface area contributed by atoms with E-state index in [9.17, 15) is 4.79 Å². The van der Waals surface area contributed by atoms with Gasteiger partial charge in [0.05, 0.1) is 13.1 Å². The second-order valence-corrected chi connectivity index (χ2v) is 6.38. The fourth-order valence-electron chi connectivity index (χ4n) is 3.06. The molecule has 1 aliphatic heterocycles. The highest BCUT2D eigenvalue weighted by Crippen LogP contribution is 2.17. The molecule has 0 saturated carbocycles. The lowest BCUT2D eigenvalue weighted by atomic mass is 10.1. The van der Waals surface area contributed by atoms with Crippen LogP contribution >= 0.6 is 12.4 Å². The van der Waals surface area contributed by atoms with Crippen LogP contribution in [0.15, 0.2) is 4.52 Å². The van der Waals surface area contributed by atoms with Gasteiger partial charge in [0, 0.05) is 19.0 Å². The first-order valence-corrected chi connectivity index (χ1v) is 8.54. The van der Waals surface area contributed by atoms with Crippen LogP contribution in [-0.4, -0.2) is 63.7 Å². The van der Waals surface area contributed by atoms with Crippen LogP contribution in [0, 0.1) is 0 Å². The zero-order chi connectivity index (χ0) is 16.7. The number of unbranched alkanes of at least 4 members (excludes halogenated alkanes) is 1. The molecular formula is C16H29ClN4O3. The van der Waals surface area contributed by atoms with Gasteiger partial charge in [0.15, 0.2) is 5.82 Å². The molecule has 1 atom stereocenters. The highest BCUT2D eigenvalue weighted by Gasteiger charge is 2.22. The lowest BCUT2D eigenvalue weighted by Gasteiger charge is -2.25. The maximum atomic E-state index is 10.8. The van der Waals surface area contributed by atoms with E-state index in [1.54, 1.807) is 0 Å². The first kappa shape index (κ1) is 20.9. The summed E-state index contributed by atoms with van der Waals surface area (Å²) in [5.41, 5.74) is 0. The fourth-order valence-corrected chi connectivity index (χ4v) is 3.06. The summed E-state index contributed by atoms with van der Waals surface area (Å²) in [6, 6.07) is 0.335. The minimum absolute atomic E-state index is 0. The molecule has 1 fully saturated rings. The number of carboxylic acids is 1. The Bertz CT molecular complexity index is 497. The molecule has 0 radical (unpaired) electrons. The molecule has 1 aliphatic rings. The van der Waals surface area contributed by atoms with Crippen LogP contribution in [0.5, 0.6) is 0 Å². The average Bonchev–Trinajstić information content (AvgIpc) is 2.80. The number of likely N-dealkylation sites (tertiary alicyclic amines) is 1. The molecule has 0 spiro atoms. The van der Waals surface area contributed by atoms with Gasteiger partial charge in [-0.25, -0.2) is 0 Å². The third kappa shape index (κ3) is 6.75. The predicted octanol–water partition coefficient (Wildman–Crippen LogP) is 2.20. The fraction of sp³-hybridized carbons (Fsp3) is 0.812. The largest absolute Gasteiger partial charge is 0.480 e. The van der Waals surface area contributed by atoms with Crippen molar-refractivity contribution >= 4 is 18.4 Å². The summed E-state index contributed by atoms with van der Waals surface area (Å²) in [5.74, 6) is 0.726. The summed E-state index contributed by atoms with van der Waals surface area (Å²) < 4.78 is 5.28. The topological polar surface area (TPSA) is 82.7 Å². The first-order chi connectivity index (χ1) is 11.1. The van der Waals surface area contributed by atoms with Crippen molar-refractivity contribution in [1.29, 1.82) is 0 Å². The van der Waals surface area contributed by atoms with Crippen LogP contribution in [0.25, 0.3) is 0 Å². The summed E-state index contributed by atoms with van der Waals surface area (Å²) >= 11 is 0. The lowest BCUT2D eigenvalue weighted by Crippen LogP contribution is -2.36. The van der Waals surface area contributed by atoms with Crippen molar-refractivity contribution in [2.75, 3.05) is 26.7 Å². The van der Waals surface area contributed by atoms with E-state index in [1.165, 1.54) is 0 Å². The van der Waals surface area contributed by atoms with Crippen molar-refractivity contribution in [2.45, 2.75) is 58.0 Å². The molecule has 1 aromatic heterocycles. The van der Waals surface area contributed by atoms with Gasteiger partial charge in [0.1, 0.15) is 0 Å². The molecular weight excluding hydrogens is 332 g/mol. The number of halogens is 1. The zero-order valence-electron chi connectivity index (χ0n) is 14.6. The molecule has 1 N–H and O–H groups in total. The third-order valence-electron chi connectivity index (χ3n) is 4.42. The van der Waals surface area contributed by atoms with Gasteiger partial charge in [-0.3, -0.25) is 14.6 Å². The van der Waals surface area contributed by atoms with Gasteiger partial charge < -0.3 is 9.63 Å². The number of aliphatic carboxylic acids is 1. The van der Waals surface area contributed by atoms with E-state index in [0.29, 0.717) is 12.6 Å². The Hall–Kier alpha value is -1.18. The number of aromatic nitrogens is 2. The highest BCUT2D eigenvalue weighted by molar-refractivity contribution is 5.85. The minimum atomic E-state index is -0.764. The number of nitrogens with zero attached hydrogens (tertiary/aromatic N) is 4. The van der Waals surface area contributed by atoms with Crippen LogP contribution < -0.4 is 0 Å². The number of rotatable bonds is 8. The summed E-state index contributed by atoms with van der Waals surface area (Å²) in [5, 5.41) is 13.0. The summed E-state index contributed by atoms with van der Waals surface area (Å²) in [6.07, 6.45) is 6.12. The molecule has 2 rings (SSSR count). The van der Waals surface area contributed by atoms with Crippen molar-refractivity contribution in [3.63, 3.8) is 0 Å². The number of hydrogen-bond acceptors (Lipinski definition) is 6. The number of aryl methyl sites for hydroxylation is 1. The molecule has 138 valence electrons. The SMILES string of the molecule is CCCCc1nc(CN2CCCC(N(C)CC(=O)O)CC2)no1.Cl. The van der Waals surface area contributed by atoms with Crippen LogP contribution in [0.2, 0.25) is 0 Å². The molecule has 1 unspecified atom stereocenters. The van der Waals surface area contributed by atoms with Crippen LogP contribution in [0.4, 0.5) is 0 Å². The average molecular weight is 361 g/mol. The van der Waals surface area contributed by atoms with Gasteiger partial charge in [-0.2, -0.15) is 4.98 Å². The van der Waals surface area contributed by atoms with Gasteiger partial charge in [0.2, 0.25) is 5.89 Å². The van der Waals surface area contributed by atoms with Crippen LogP contribution in [0.1, 0.15) is 50.7 Å². The van der Waals surface area contributed by atoms with E-state index in [-0.39, 0.29) is 19.0 Å². The Morgan fingerprint density at radius 1 is 1.42 bits per heavy atom. The normalized spacial score (nSPS) is 19.0.